The number of halogens is 2. The molecule has 4 aromatic rings. The molecule has 0 radical (unpaired) electrons. The van der Waals surface area contributed by atoms with E-state index in [1.54, 1.807) is 61.3 Å². The van der Waals surface area contributed by atoms with Gasteiger partial charge in [0.25, 0.3) is 11.8 Å². The number of imidazole rings is 1. The van der Waals surface area contributed by atoms with Crippen LogP contribution in [0.2, 0.25) is 0 Å². The number of amides is 2. The highest BCUT2D eigenvalue weighted by Crippen LogP contribution is 2.23. The molecular formula is C26H22F2N4O2. The Hall–Kier alpha value is -4.33. The standard InChI is InChI=1S/C26H22F2N4O2/c1-16-10-11-18(15-22(16)30-26(34)20-8-3-4-9-21(20)28)25(33)31-23(24-29-12-13-32(24)2)17-6-5-7-19(27)14-17/h3-15,23H,1-2H3,(H,30,34)(H,31,33). The van der Waals surface area contributed by atoms with Crippen molar-refractivity contribution in [3.05, 3.63) is 119 Å². The third-order valence-corrected chi connectivity index (χ3v) is 5.44. The number of hydrogen-bond acceptors (Lipinski definition) is 3. The number of carbonyl (C=O) groups excluding carboxylic acids is 2. The molecule has 0 aliphatic rings. The second kappa shape index (κ2) is 9.66. The zero-order valence-corrected chi connectivity index (χ0v) is 18.5. The van der Waals surface area contributed by atoms with Gasteiger partial charge < -0.3 is 15.2 Å². The smallest absolute Gasteiger partial charge is 0.258 e. The first-order valence-corrected chi connectivity index (χ1v) is 10.5. The number of hydrogen-bond donors (Lipinski definition) is 2. The molecule has 2 N–H and O–H groups in total. The molecule has 1 atom stereocenters. The fourth-order valence-corrected chi connectivity index (χ4v) is 3.59. The Morgan fingerprint density at radius 2 is 1.76 bits per heavy atom. The summed E-state index contributed by atoms with van der Waals surface area (Å²) in [7, 11) is 1.78. The van der Waals surface area contributed by atoms with E-state index in [0.717, 1.165) is 0 Å². The highest BCUT2D eigenvalue weighted by molar-refractivity contribution is 6.05. The Kier molecular flexibility index (Phi) is 6.49. The predicted octanol–water partition coefficient (Wildman–Crippen LogP) is 4.78. The molecule has 3 aromatic carbocycles. The Labute approximate surface area is 195 Å². The first kappa shape index (κ1) is 22.8. The molecule has 1 aromatic heterocycles. The normalized spacial score (nSPS) is 11.6. The summed E-state index contributed by atoms with van der Waals surface area (Å²) in [6.07, 6.45) is 3.33. The van der Waals surface area contributed by atoms with Crippen molar-refractivity contribution in [1.82, 2.24) is 14.9 Å². The summed E-state index contributed by atoms with van der Waals surface area (Å²) in [4.78, 5) is 30.1. The average molecular weight is 460 g/mol. The molecule has 0 aliphatic heterocycles. The summed E-state index contributed by atoms with van der Waals surface area (Å²) in [6, 6.07) is 15.7. The number of nitrogens with one attached hydrogen (secondary N) is 2. The van der Waals surface area contributed by atoms with Gasteiger partial charge in [-0.15, -0.1) is 0 Å². The van der Waals surface area contributed by atoms with Gasteiger partial charge in [0.2, 0.25) is 0 Å². The van der Waals surface area contributed by atoms with E-state index in [2.05, 4.69) is 15.6 Å². The number of rotatable bonds is 6. The summed E-state index contributed by atoms with van der Waals surface area (Å²) in [5.74, 6) is -1.61. The minimum atomic E-state index is -0.707. The van der Waals surface area contributed by atoms with Gasteiger partial charge in [-0.2, -0.15) is 0 Å². The van der Waals surface area contributed by atoms with Crippen LogP contribution in [0.15, 0.2) is 79.1 Å². The van der Waals surface area contributed by atoms with Gasteiger partial charge in [0.05, 0.1) is 5.56 Å². The highest BCUT2D eigenvalue weighted by atomic mass is 19.1. The second-order valence-corrected chi connectivity index (χ2v) is 7.82. The van der Waals surface area contributed by atoms with Crippen LogP contribution in [0.4, 0.5) is 14.5 Å². The van der Waals surface area contributed by atoms with Crippen molar-refractivity contribution in [3.8, 4) is 0 Å². The SMILES string of the molecule is Cc1ccc(C(=O)NC(c2cccc(F)c2)c2nccn2C)cc1NC(=O)c1ccccc1F. The van der Waals surface area contributed by atoms with Crippen LogP contribution in [-0.2, 0) is 7.05 Å². The molecule has 6 nitrogen and oxygen atoms in total. The van der Waals surface area contributed by atoms with Crippen LogP contribution < -0.4 is 10.6 Å². The summed E-state index contributed by atoms with van der Waals surface area (Å²) >= 11 is 0. The van der Waals surface area contributed by atoms with E-state index in [0.29, 0.717) is 22.6 Å². The summed E-state index contributed by atoms with van der Waals surface area (Å²) in [5.41, 5.74) is 1.78. The van der Waals surface area contributed by atoms with Crippen LogP contribution in [0.25, 0.3) is 0 Å². The first-order valence-electron chi connectivity index (χ1n) is 10.5. The molecule has 2 amide bonds. The van der Waals surface area contributed by atoms with E-state index in [1.807, 2.05) is 0 Å². The maximum absolute atomic E-state index is 14.0. The molecule has 1 heterocycles. The molecule has 0 saturated heterocycles. The van der Waals surface area contributed by atoms with Crippen LogP contribution in [0, 0.1) is 18.6 Å². The Morgan fingerprint density at radius 1 is 0.971 bits per heavy atom. The Bertz CT molecular complexity index is 1370. The lowest BCUT2D eigenvalue weighted by molar-refractivity contribution is 0.0939. The minimum Gasteiger partial charge on any atom is -0.338 e. The van der Waals surface area contributed by atoms with Crippen LogP contribution >= 0.6 is 0 Å². The number of carbonyl (C=O) groups is 2. The number of anilines is 1. The lowest BCUT2D eigenvalue weighted by Crippen LogP contribution is -2.31. The third-order valence-electron chi connectivity index (χ3n) is 5.44. The predicted molar refractivity (Wildman–Crippen MR) is 124 cm³/mol. The summed E-state index contributed by atoms with van der Waals surface area (Å²) in [5, 5.41) is 5.57. The largest absolute Gasteiger partial charge is 0.338 e. The van der Waals surface area contributed by atoms with Gasteiger partial charge >= 0.3 is 0 Å². The third kappa shape index (κ3) is 4.85. The summed E-state index contributed by atoms with van der Waals surface area (Å²) < 4.78 is 29.6. The van der Waals surface area contributed by atoms with Crippen molar-refractivity contribution in [2.24, 2.45) is 7.05 Å². The van der Waals surface area contributed by atoms with Crippen LogP contribution in [0.3, 0.4) is 0 Å². The maximum Gasteiger partial charge on any atom is 0.258 e. The first-order chi connectivity index (χ1) is 16.3. The van der Waals surface area contributed by atoms with E-state index in [1.165, 1.54) is 36.4 Å². The summed E-state index contributed by atoms with van der Waals surface area (Å²) in [6.45, 7) is 1.77. The van der Waals surface area contributed by atoms with Crippen molar-refractivity contribution in [2.75, 3.05) is 5.32 Å². The fourth-order valence-electron chi connectivity index (χ4n) is 3.59. The van der Waals surface area contributed by atoms with E-state index < -0.39 is 29.5 Å². The van der Waals surface area contributed by atoms with Gasteiger partial charge in [-0.3, -0.25) is 9.59 Å². The molecule has 4 rings (SSSR count). The van der Waals surface area contributed by atoms with Crippen molar-refractivity contribution < 1.29 is 18.4 Å². The van der Waals surface area contributed by atoms with Crippen molar-refractivity contribution in [1.29, 1.82) is 0 Å². The van der Waals surface area contributed by atoms with E-state index >= 15 is 0 Å². The number of aromatic nitrogens is 2. The molecule has 0 spiro atoms. The maximum atomic E-state index is 14.0. The van der Waals surface area contributed by atoms with Gasteiger partial charge in [-0.1, -0.05) is 30.3 Å². The number of nitrogens with zero attached hydrogens (tertiary/aromatic N) is 2. The monoisotopic (exact) mass is 460 g/mol. The average Bonchev–Trinajstić information content (AvgIpc) is 3.24. The van der Waals surface area contributed by atoms with E-state index in [9.17, 15) is 18.4 Å². The number of benzene rings is 3. The Balaban J connectivity index is 1.61. The van der Waals surface area contributed by atoms with Crippen LogP contribution in [0.1, 0.15) is 43.7 Å². The molecule has 34 heavy (non-hydrogen) atoms. The van der Waals surface area contributed by atoms with Crippen molar-refractivity contribution >= 4 is 17.5 Å². The molecule has 172 valence electrons. The molecular weight excluding hydrogens is 438 g/mol. The molecule has 0 aliphatic carbocycles. The van der Waals surface area contributed by atoms with Crippen molar-refractivity contribution in [3.63, 3.8) is 0 Å². The van der Waals surface area contributed by atoms with Gasteiger partial charge in [0.15, 0.2) is 0 Å². The molecule has 0 bridgehead atoms. The van der Waals surface area contributed by atoms with Gasteiger partial charge in [0, 0.05) is 30.7 Å². The number of aryl methyl sites for hydroxylation is 2. The van der Waals surface area contributed by atoms with Crippen LogP contribution in [-0.4, -0.2) is 21.4 Å². The van der Waals surface area contributed by atoms with E-state index in [-0.39, 0.29) is 11.1 Å². The molecule has 8 heteroatoms. The quantitative estimate of drug-likeness (QED) is 0.435. The Morgan fingerprint density at radius 3 is 2.47 bits per heavy atom. The highest BCUT2D eigenvalue weighted by Gasteiger charge is 2.22. The lowest BCUT2D eigenvalue weighted by Gasteiger charge is -2.20. The van der Waals surface area contributed by atoms with E-state index in [4.69, 9.17) is 0 Å². The van der Waals surface area contributed by atoms with Gasteiger partial charge in [-0.25, -0.2) is 13.8 Å². The lowest BCUT2D eigenvalue weighted by atomic mass is 10.0. The minimum absolute atomic E-state index is 0.0993. The van der Waals surface area contributed by atoms with Gasteiger partial charge in [0.1, 0.15) is 23.5 Å². The fraction of sp³-hybridized carbons (Fsp3) is 0.115. The molecule has 0 fully saturated rings. The zero-order chi connectivity index (χ0) is 24.2. The molecule has 0 saturated carbocycles. The van der Waals surface area contributed by atoms with Gasteiger partial charge in [-0.05, 0) is 54.4 Å². The van der Waals surface area contributed by atoms with Crippen molar-refractivity contribution in [2.45, 2.75) is 13.0 Å². The zero-order valence-electron chi connectivity index (χ0n) is 18.5. The topological polar surface area (TPSA) is 76.0 Å². The molecule has 1 unspecified atom stereocenters. The second-order valence-electron chi connectivity index (χ2n) is 7.82. The van der Waals surface area contributed by atoms with Crippen LogP contribution in [0.5, 0.6) is 0 Å².